The van der Waals surface area contributed by atoms with Crippen LogP contribution in [-0.2, 0) is 11.4 Å². The number of anilines is 3. The van der Waals surface area contributed by atoms with E-state index < -0.39 is 11.4 Å². The largest absolute Gasteiger partial charge is 0.593 e. The van der Waals surface area contributed by atoms with Crippen LogP contribution < -0.4 is 25.6 Å². The molecule has 174 valence electrons. The minimum atomic E-state index is -1.30. The van der Waals surface area contributed by atoms with E-state index >= 15 is 0 Å². The first-order valence-corrected chi connectivity index (χ1v) is 12.1. The number of aliphatic imine (C=N–C) groups is 2. The number of nitrogens with one attached hydrogen (secondary N) is 4. The van der Waals surface area contributed by atoms with Crippen LogP contribution >= 0.6 is 0 Å². The van der Waals surface area contributed by atoms with Crippen molar-refractivity contribution >= 4 is 40.6 Å². The average Bonchev–Trinajstić information content (AvgIpc) is 3.31. The van der Waals surface area contributed by atoms with Crippen LogP contribution in [0.3, 0.4) is 0 Å². The normalized spacial score (nSPS) is 18.9. The first-order valence-electron chi connectivity index (χ1n) is 11.0. The van der Waals surface area contributed by atoms with Gasteiger partial charge >= 0.3 is 0 Å². The fraction of sp³-hybridized carbons (Fsp3) is 0.333. The summed E-state index contributed by atoms with van der Waals surface area (Å²) in [6, 6.07) is 15.8. The lowest BCUT2D eigenvalue weighted by Gasteiger charge is -2.24. The van der Waals surface area contributed by atoms with Crippen LogP contribution in [0.4, 0.5) is 17.1 Å². The second-order valence-electron chi connectivity index (χ2n) is 9.05. The van der Waals surface area contributed by atoms with E-state index in [-0.39, 0.29) is 11.8 Å². The van der Waals surface area contributed by atoms with E-state index in [2.05, 4.69) is 42.7 Å². The third-order valence-electron chi connectivity index (χ3n) is 4.99. The van der Waals surface area contributed by atoms with Crippen LogP contribution in [0.2, 0.25) is 0 Å². The van der Waals surface area contributed by atoms with Crippen molar-refractivity contribution in [1.29, 1.82) is 0 Å². The molecule has 2 aliphatic rings. The molecule has 4 N–H and O–H groups in total. The van der Waals surface area contributed by atoms with Gasteiger partial charge in [0.25, 0.3) is 0 Å². The zero-order valence-electron chi connectivity index (χ0n) is 19.4. The maximum absolute atomic E-state index is 12.6. The van der Waals surface area contributed by atoms with E-state index in [1.165, 1.54) is 0 Å². The summed E-state index contributed by atoms with van der Waals surface area (Å²) in [6.45, 7) is 9.73. The summed E-state index contributed by atoms with van der Waals surface area (Å²) >= 11 is -1.30. The predicted octanol–water partition coefficient (Wildman–Crippen LogP) is 3.66. The molecule has 2 aromatic rings. The zero-order valence-corrected chi connectivity index (χ0v) is 20.2. The number of amidine groups is 1. The molecule has 0 saturated carbocycles. The summed E-state index contributed by atoms with van der Waals surface area (Å²) in [4.78, 5) is 11.9. The maximum atomic E-state index is 12.6. The van der Waals surface area contributed by atoms with Crippen molar-refractivity contribution in [2.75, 3.05) is 28.6 Å². The molecule has 0 aromatic heterocycles. The second kappa shape index (κ2) is 9.86. The van der Waals surface area contributed by atoms with E-state index in [1.807, 2.05) is 76.6 Å². The number of hydrogen-bond donors (Lipinski definition) is 4. The fourth-order valence-electron chi connectivity index (χ4n) is 3.39. The molecule has 2 unspecified atom stereocenters. The van der Waals surface area contributed by atoms with E-state index in [1.54, 1.807) is 0 Å². The Kier molecular flexibility index (Phi) is 6.92. The number of benzene rings is 2. The van der Waals surface area contributed by atoms with Gasteiger partial charge in [0, 0.05) is 41.4 Å². The van der Waals surface area contributed by atoms with Gasteiger partial charge < -0.3 is 25.4 Å². The molecule has 8 nitrogen and oxygen atoms in total. The number of rotatable bonds is 6. The predicted molar refractivity (Wildman–Crippen MR) is 138 cm³/mol. The van der Waals surface area contributed by atoms with Gasteiger partial charge in [0.05, 0.1) is 29.8 Å². The summed E-state index contributed by atoms with van der Waals surface area (Å²) in [6.07, 6.45) is 3.51. The molecule has 2 aliphatic heterocycles. The Labute approximate surface area is 198 Å². The van der Waals surface area contributed by atoms with Crippen LogP contribution in [0.1, 0.15) is 27.7 Å². The molecule has 0 saturated heterocycles. The van der Waals surface area contributed by atoms with Crippen LogP contribution in [-0.4, -0.2) is 41.6 Å². The van der Waals surface area contributed by atoms with Gasteiger partial charge in [-0.2, -0.15) is 0 Å². The molecule has 0 radical (unpaired) electrons. The van der Waals surface area contributed by atoms with Crippen LogP contribution in [0.15, 0.2) is 75.2 Å². The van der Waals surface area contributed by atoms with Crippen molar-refractivity contribution in [1.82, 2.24) is 10.0 Å². The molecule has 4 rings (SSSR count). The molecule has 0 spiro atoms. The van der Waals surface area contributed by atoms with Gasteiger partial charge in [-0.3, -0.25) is 4.99 Å². The lowest BCUT2D eigenvalue weighted by Crippen LogP contribution is -2.40. The minimum Gasteiger partial charge on any atom is -0.593 e. The molecular weight excluding hydrogens is 434 g/mol. The quantitative estimate of drug-likeness (QED) is 0.486. The van der Waals surface area contributed by atoms with Gasteiger partial charge in [-0.05, 0) is 64.1 Å². The second-order valence-corrected chi connectivity index (χ2v) is 10.3. The molecule has 2 heterocycles. The smallest absolute Gasteiger partial charge is 0.196 e. The Morgan fingerprint density at radius 3 is 2.61 bits per heavy atom. The Balaban J connectivity index is 1.42. The van der Waals surface area contributed by atoms with Crippen LogP contribution in [0.5, 0.6) is 0 Å². The Hall–Kier alpha value is -3.01. The summed E-state index contributed by atoms with van der Waals surface area (Å²) < 4.78 is 15.7. The minimum absolute atomic E-state index is 0.244. The highest BCUT2D eigenvalue weighted by Gasteiger charge is 2.21. The average molecular weight is 466 g/mol. The number of hydrogen-bond acceptors (Lipinski definition) is 8. The Morgan fingerprint density at radius 2 is 1.91 bits per heavy atom. The van der Waals surface area contributed by atoms with Crippen molar-refractivity contribution in [3.05, 3.63) is 60.3 Å². The first kappa shape index (κ1) is 23.2. The summed E-state index contributed by atoms with van der Waals surface area (Å²) in [5, 5.41) is 10.0. The molecule has 9 heteroatoms. The maximum Gasteiger partial charge on any atom is 0.196 e. The summed E-state index contributed by atoms with van der Waals surface area (Å²) in [5.74, 6) is 0.753. The van der Waals surface area contributed by atoms with Gasteiger partial charge in [-0.15, -0.1) is 4.72 Å². The third kappa shape index (κ3) is 6.28. The van der Waals surface area contributed by atoms with E-state index in [0.717, 1.165) is 41.6 Å². The molecule has 2 aromatic carbocycles. The van der Waals surface area contributed by atoms with Crippen LogP contribution in [0, 0.1) is 0 Å². The zero-order chi connectivity index (χ0) is 23.4. The topological polar surface area (TPSA) is 99.1 Å². The van der Waals surface area contributed by atoms with E-state index in [9.17, 15) is 4.55 Å². The highest BCUT2D eigenvalue weighted by molar-refractivity contribution is 7.89. The molecule has 0 fully saturated rings. The molecule has 0 aliphatic carbocycles. The first-order chi connectivity index (χ1) is 15.8. The molecule has 33 heavy (non-hydrogen) atoms. The highest BCUT2D eigenvalue weighted by Crippen LogP contribution is 2.21. The monoisotopic (exact) mass is 465 g/mol. The molecule has 2 atom stereocenters. The van der Waals surface area contributed by atoms with E-state index in [4.69, 9.17) is 4.99 Å². The van der Waals surface area contributed by atoms with Crippen molar-refractivity contribution in [3.63, 3.8) is 0 Å². The molecule has 0 amide bonds. The fourth-order valence-corrected chi connectivity index (χ4v) is 4.50. The van der Waals surface area contributed by atoms with Crippen molar-refractivity contribution in [2.45, 2.75) is 44.4 Å². The van der Waals surface area contributed by atoms with Gasteiger partial charge in [-0.1, -0.05) is 6.07 Å². The van der Waals surface area contributed by atoms with Crippen molar-refractivity contribution in [3.8, 4) is 0 Å². The third-order valence-corrected chi connectivity index (χ3v) is 6.47. The molecular formula is C24H31N7OS. The van der Waals surface area contributed by atoms with E-state index in [0.29, 0.717) is 4.90 Å². The Morgan fingerprint density at radius 1 is 1.12 bits per heavy atom. The van der Waals surface area contributed by atoms with Crippen molar-refractivity contribution in [2.24, 2.45) is 9.98 Å². The SMILES string of the molecule is CC1=CNC(Nc2ccc(N3C=NCC3)cc2)N=C1Nc1cccc([S+]([O-])NC(C)(C)C)c1. The highest BCUT2D eigenvalue weighted by atomic mass is 32.2. The summed E-state index contributed by atoms with van der Waals surface area (Å²) in [7, 11) is 0. The lowest BCUT2D eigenvalue weighted by atomic mass is 10.1. The lowest BCUT2D eigenvalue weighted by molar-refractivity contribution is 0.491. The molecule has 0 bridgehead atoms. The van der Waals surface area contributed by atoms with Gasteiger partial charge in [0.1, 0.15) is 5.84 Å². The van der Waals surface area contributed by atoms with Crippen molar-refractivity contribution < 1.29 is 4.55 Å². The van der Waals surface area contributed by atoms with Crippen LogP contribution in [0.25, 0.3) is 0 Å². The van der Waals surface area contributed by atoms with Gasteiger partial charge in [0.15, 0.2) is 11.2 Å². The standard InChI is InChI=1S/C24H31N7OS/c1-17-15-26-23(28-18-8-10-20(11-9-18)31-13-12-25-16-31)29-22(17)27-19-6-5-7-21(14-19)33(32)30-24(2,3)4/h5-11,14-16,23,26,28,30H,12-13H2,1-4H3,(H,27,29). The Bertz CT molecular complexity index is 1060. The number of nitrogens with zero attached hydrogens (tertiary/aromatic N) is 3. The van der Waals surface area contributed by atoms with Gasteiger partial charge in [-0.25, -0.2) is 4.99 Å². The summed E-state index contributed by atoms with van der Waals surface area (Å²) in [5.41, 5.74) is 3.66. The van der Waals surface area contributed by atoms with Gasteiger partial charge in [0.2, 0.25) is 0 Å².